The van der Waals surface area contributed by atoms with Crippen molar-refractivity contribution >= 4 is 12.1 Å². The predicted molar refractivity (Wildman–Crippen MR) is 138 cm³/mol. The highest BCUT2D eigenvalue weighted by atomic mass is 16.6. The molecule has 190 valence electrons. The Kier molecular flexibility index (Phi) is 7.95. The van der Waals surface area contributed by atoms with Gasteiger partial charge in [-0.05, 0) is 30.4 Å². The summed E-state index contributed by atoms with van der Waals surface area (Å²) in [5.41, 5.74) is 1.49. The first-order valence-electron chi connectivity index (χ1n) is 12.4. The van der Waals surface area contributed by atoms with Crippen LogP contribution in [0.4, 0.5) is 4.79 Å². The average Bonchev–Trinajstić information content (AvgIpc) is 3.15. The Morgan fingerprint density at radius 3 is 2.00 bits per heavy atom. The second-order valence-corrected chi connectivity index (χ2v) is 11.5. The highest BCUT2D eigenvalue weighted by Gasteiger charge is 2.58. The molecular formula is C29H40N2O4. The van der Waals surface area contributed by atoms with Gasteiger partial charge in [0, 0.05) is 23.9 Å². The molecule has 2 N–H and O–H groups in total. The molecule has 3 rings (SSSR count). The number of rotatable bonds is 7. The number of carbonyl (C=O) groups excluding carboxylic acids is 1. The third kappa shape index (κ3) is 5.87. The minimum absolute atomic E-state index is 0.199. The molecule has 0 radical (unpaired) electrons. The molecule has 1 fully saturated rings. The summed E-state index contributed by atoms with van der Waals surface area (Å²) in [5.74, 6) is -1.37. The fraction of sp³-hybridized carbons (Fsp3) is 0.517. The van der Waals surface area contributed by atoms with Crippen molar-refractivity contribution in [2.45, 2.75) is 78.1 Å². The van der Waals surface area contributed by atoms with Crippen molar-refractivity contribution in [3.05, 3.63) is 71.8 Å². The van der Waals surface area contributed by atoms with E-state index in [2.05, 4.69) is 31.3 Å². The van der Waals surface area contributed by atoms with Crippen LogP contribution in [0.1, 0.15) is 65.6 Å². The van der Waals surface area contributed by atoms with E-state index in [0.717, 1.165) is 5.56 Å². The quantitative estimate of drug-likeness (QED) is 0.536. The molecule has 1 heterocycles. The fourth-order valence-electron chi connectivity index (χ4n) is 5.31. The molecule has 0 unspecified atom stereocenters. The van der Waals surface area contributed by atoms with Crippen molar-refractivity contribution in [2.24, 2.45) is 11.3 Å². The first-order valence-corrected chi connectivity index (χ1v) is 12.4. The van der Waals surface area contributed by atoms with Gasteiger partial charge in [-0.2, -0.15) is 0 Å². The fourth-order valence-corrected chi connectivity index (χ4v) is 5.31. The molecule has 0 aromatic heterocycles. The lowest BCUT2D eigenvalue weighted by molar-refractivity contribution is -0.144. The number of hydrogen-bond acceptors (Lipinski definition) is 4. The molecule has 0 aliphatic carbocycles. The minimum Gasteiger partial charge on any atom is -0.480 e. The van der Waals surface area contributed by atoms with Crippen molar-refractivity contribution in [3.8, 4) is 0 Å². The Hall–Kier alpha value is -2.86. The van der Waals surface area contributed by atoms with Gasteiger partial charge in [0.05, 0.1) is 12.1 Å². The molecule has 0 saturated carbocycles. The summed E-state index contributed by atoms with van der Waals surface area (Å²) in [6.07, 6.45) is -0.951. The maximum absolute atomic E-state index is 13.4. The van der Waals surface area contributed by atoms with E-state index < -0.39 is 29.6 Å². The largest absolute Gasteiger partial charge is 0.480 e. The average molecular weight is 481 g/mol. The number of carboxylic acids is 1. The van der Waals surface area contributed by atoms with Crippen LogP contribution in [0.15, 0.2) is 60.7 Å². The Balaban J connectivity index is 2.10. The third-order valence-corrected chi connectivity index (χ3v) is 6.94. The number of hydrogen-bond donors (Lipinski definition) is 2. The van der Waals surface area contributed by atoms with Gasteiger partial charge in [-0.1, -0.05) is 95.3 Å². The number of likely N-dealkylation sites (tertiary alicyclic amines) is 1. The van der Waals surface area contributed by atoms with E-state index in [1.54, 1.807) is 13.8 Å². The number of aliphatic carboxylic acids is 1. The summed E-state index contributed by atoms with van der Waals surface area (Å²) < 4.78 is 5.59. The van der Waals surface area contributed by atoms with Gasteiger partial charge in [-0.3, -0.25) is 4.90 Å². The van der Waals surface area contributed by atoms with Gasteiger partial charge in [-0.15, -0.1) is 0 Å². The SMILES string of the molecule is CC(C)OC(=O)N1[C@H](C(=O)O)[C@@H](C(C)(C)C)[C@H](NCC(C)(C)c2ccccc2)[C@@H]1c1ccccc1. The van der Waals surface area contributed by atoms with Crippen LogP contribution in [0.5, 0.6) is 0 Å². The van der Waals surface area contributed by atoms with Crippen molar-refractivity contribution < 1.29 is 19.4 Å². The first kappa shape index (κ1) is 26.7. The van der Waals surface area contributed by atoms with Gasteiger partial charge in [0.1, 0.15) is 6.04 Å². The lowest BCUT2D eigenvalue weighted by atomic mass is 9.72. The van der Waals surface area contributed by atoms with E-state index in [-0.39, 0.29) is 23.5 Å². The summed E-state index contributed by atoms with van der Waals surface area (Å²) in [7, 11) is 0. The normalized spacial score (nSPS) is 22.9. The number of carbonyl (C=O) groups is 2. The van der Waals surface area contributed by atoms with Crippen LogP contribution < -0.4 is 5.32 Å². The molecule has 1 aliphatic heterocycles. The molecule has 0 bridgehead atoms. The molecule has 1 amide bonds. The molecule has 2 aromatic rings. The Labute approximate surface area is 209 Å². The zero-order valence-electron chi connectivity index (χ0n) is 22.0. The first-order chi connectivity index (χ1) is 16.3. The highest BCUT2D eigenvalue weighted by molar-refractivity contribution is 5.82. The number of carboxylic acid groups (broad SMARTS) is 1. The van der Waals surface area contributed by atoms with E-state index >= 15 is 0 Å². The van der Waals surface area contributed by atoms with E-state index in [9.17, 15) is 14.7 Å². The van der Waals surface area contributed by atoms with Gasteiger partial charge in [0.2, 0.25) is 0 Å². The van der Waals surface area contributed by atoms with Crippen LogP contribution >= 0.6 is 0 Å². The van der Waals surface area contributed by atoms with Gasteiger partial charge in [-0.25, -0.2) is 9.59 Å². The molecule has 6 nitrogen and oxygen atoms in total. The lowest BCUT2D eigenvalue weighted by Crippen LogP contribution is -2.49. The molecular weight excluding hydrogens is 440 g/mol. The van der Waals surface area contributed by atoms with Crippen molar-refractivity contribution in [3.63, 3.8) is 0 Å². The number of nitrogens with one attached hydrogen (secondary N) is 1. The van der Waals surface area contributed by atoms with E-state index in [4.69, 9.17) is 4.74 Å². The van der Waals surface area contributed by atoms with Gasteiger partial charge < -0.3 is 15.2 Å². The van der Waals surface area contributed by atoms with Crippen LogP contribution in [0.3, 0.4) is 0 Å². The number of amides is 1. The molecule has 6 heteroatoms. The van der Waals surface area contributed by atoms with Crippen molar-refractivity contribution in [1.29, 1.82) is 0 Å². The Bertz CT molecular complexity index is 998. The monoisotopic (exact) mass is 480 g/mol. The molecule has 1 aliphatic rings. The number of benzene rings is 2. The minimum atomic E-state index is -1.02. The summed E-state index contributed by atoms with van der Waals surface area (Å²) in [4.78, 5) is 27.6. The smallest absolute Gasteiger partial charge is 0.411 e. The van der Waals surface area contributed by atoms with E-state index in [1.807, 2.05) is 69.3 Å². The Morgan fingerprint density at radius 2 is 1.51 bits per heavy atom. The summed E-state index contributed by atoms with van der Waals surface area (Å²) in [6, 6.07) is 18.2. The van der Waals surface area contributed by atoms with Gasteiger partial charge in [0.15, 0.2) is 0 Å². The van der Waals surface area contributed by atoms with Crippen molar-refractivity contribution in [2.75, 3.05) is 6.54 Å². The second kappa shape index (κ2) is 10.4. The summed E-state index contributed by atoms with van der Waals surface area (Å²) in [5, 5.41) is 14.1. The maximum Gasteiger partial charge on any atom is 0.411 e. The molecule has 4 atom stereocenters. The molecule has 2 aromatic carbocycles. The van der Waals surface area contributed by atoms with E-state index in [1.165, 1.54) is 10.5 Å². The second-order valence-electron chi connectivity index (χ2n) is 11.5. The molecule has 35 heavy (non-hydrogen) atoms. The zero-order valence-corrected chi connectivity index (χ0v) is 22.0. The zero-order chi connectivity index (χ0) is 26.0. The lowest BCUT2D eigenvalue weighted by Gasteiger charge is -2.37. The number of nitrogens with zero attached hydrogens (tertiary/aromatic N) is 1. The maximum atomic E-state index is 13.4. The molecule has 1 saturated heterocycles. The Morgan fingerprint density at radius 1 is 0.971 bits per heavy atom. The van der Waals surface area contributed by atoms with E-state index in [0.29, 0.717) is 6.54 Å². The third-order valence-electron chi connectivity index (χ3n) is 6.94. The van der Waals surface area contributed by atoms with Crippen LogP contribution in [0.25, 0.3) is 0 Å². The van der Waals surface area contributed by atoms with Crippen LogP contribution in [0.2, 0.25) is 0 Å². The van der Waals surface area contributed by atoms with Gasteiger partial charge >= 0.3 is 12.1 Å². The standard InChI is InChI=1S/C29H40N2O4/c1-19(2)35-27(34)31-24(20-14-10-8-11-15-20)23(22(28(3,4)5)25(31)26(32)33)30-18-29(6,7)21-16-12-9-13-17-21/h8-17,19,22-25,30H,18H2,1-7H3,(H,32,33)/t22-,23-,24-,25-/m0/s1. The highest BCUT2D eigenvalue weighted by Crippen LogP contribution is 2.48. The number of ether oxygens (including phenoxy) is 1. The summed E-state index contributed by atoms with van der Waals surface area (Å²) in [6.45, 7) is 14.7. The van der Waals surface area contributed by atoms with Crippen LogP contribution in [-0.4, -0.2) is 46.8 Å². The van der Waals surface area contributed by atoms with Crippen LogP contribution in [0, 0.1) is 11.3 Å². The van der Waals surface area contributed by atoms with Gasteiger partial charge in [0.25, 0.3) is 0 Å². The molecule has 0 spiro atoms. The van der Waals surface area contributed by atoms with Crippen molar-refractivity contribution in [1.82, 2.24) is 10.2 Å². The predicted octanol–water partition coefficient (Wildman–Crippen LogP) is 5.64. The topological polar surface area (TPSA) is 78.9 Å². The van der Waals surface area contributed by atoms with Crippen LogP contribution in [-0.2, 0) is 14.9 Å². The summed E-state index contributed by atoms with van der Waals surface area (Å²) >= 11 is 0.